The van der Waals surface area contributed by atoms with E-state index in [9.17, 15) is 0 Å². The molecule has 186 valence electrons. The van der Waals surface area contributed by atoms with Gasteiger partial charge in [-0.1, -0.05) is 42.5 Å². The number of aliphatic imine (C=N–C) groups is 1. The molecule has 1 fully saturated rings. The van der Waals surface area contributed by atoms with Gasteiger partial charge < -0.3 is 21.7 Å². The first-order chi connectivity index (χ1) is 17.5. The Hall–Kier alpha value is -3.64. The number of aromatic nitrogens is 1. The zero-order valence-electron chi connectivity index (χ0n) is 21.2. The summed E-state index contributed by atoms with van der Waals surface area (Å²) in [6.45, 7) is 4.13. The van der Waals surface area contributed by atoms with E-state index in [1.54, 1.807) is 6.20 Å². The number of nitrogens with two attached hydrogens (primary N) is 2. The number of aryl methyl sites for hydroxylation is 1. The Balaban J connectivity index is 1.45. The molecule has 36 heavy (non-hydrogen) atoms. The van der Waals surface area contributed by atoms with Crippen molar-refractivity contribution in [1.82, 2.24) is 15.2 Å². The van der Waals surface area contributed by atoms with Crippen molar-refractivity contribution in [3.63, 3.8) is 0 Å². The minimum Gasteiger partial charge on any atom is -0.396 e. The van der Waals surface area contributed by atoms with Crippen molar-refractivity contribution in [2.24, 2.45) is 28.3 Å². The molecule has 1 saturated carbocycles. The van der Waals surface area contributed by atoms with Gasteiger partial charge in [-0.25, -0.2) is 9.98 Å². The fraction of sp³-hybridized carbons (Fsp3) is 0.333. The van der Waals surface area contributed by atoms with Crippen molar-refractivity contribution in [2.75, 3.05) is 20.1 Å². The first kappa shape index (κ1) is 24.1. The Bertz CT molecular complexity index is 1320. The van der Waals surface area contributed by atoms with E-state index in [4.69, 9.17) is 16.5 Å². The second-order valence-corrected chi connectivity index (χ2v) is 10.1. The van der Waals surface area contributed by atoms with E-state index in [2.05, 4.69) is 58.5 Å². The molecule has 0 atom stereocenters. The van der Waals surface area contributed by atoms with Crippen LogP contribution in [0.4, 0.5) is 0 Å². The highest BCUT2D eigenvalue weighted by atomic mass is 15.2. The molecule has 0 spiro atoms. The van der Waals surface area contributed by atoms with Crippen molar-refractivity contribution >= 4 is 22.4 Å². The standard InChI is InChI=1S/C30H36N6/c1-20-16-26(23-6-4-3-5-7-23)35-27-17-24(12-13-25(20)27)28(31)29-30(32)34-14-15-36(29)19-22-10-8-21(9-11-22)18-33-2/h3-7,12-17,21-22,33H,8-11,18-19,31H2,1-2H3,(H2,32,34)/b29-28-. The molecule has 0 amide bonds. The average molecular weight is 481 g/mol. The summed E-state index contributed by atoms with van der Waals surface area (Å²) in [5.41, 5.74) is 19.7. The lowest BCUT2D eigenvalue weighted by molar-refractivity contribution is 0.236. The maximum absolute atomic E-state index is 6.80. The van der Waals surface area contributed by atoms with Crippen LogP contribution in [0.1, 0.15) is 36.8 Å². The average Bonchev–Trinajstić information content (AvgIpc) is 2.90. The molecule has 5 rings (SSSR count). The van der Waals surface area contributed by atoms with Crippen molar-refractivity contribution in [2.45, 2.75) is 32.6 Å². The van der Waals surface area contributed by atoms with Gasteiger partial charge in [0.05, 0.1) is 16.9 Å². The SMILES string of the molecule is CNCC1CCC(CN2C=CN=C(N)/C2=C(/N)c2ccc3c(C)cc(-c4ccccc4)nc3c2)CC1. The zero-order chi connectivity index (χ0) is 25.1. The van der Waals surface area contributed by atoms with Gasteiger partial charge in [0.1, 0.15) is 11.5 Å². The smallest absolute Gasteiger partial charge is 0.149 e. The molecule has 3 aromatic rings. The van der Waals surface area contributed by atoms with Crippen LogP contribution in [0.2, 0.25) is 0 Å². The summed E-state index contributed by atoms with van der Waals surface area (Å²) in [7, 11) is 2.04. The molecule has 6 heteroatoms. The fourth-order valence-corrected chi connectivity index (χ4v) is 5.57. The van der Waals surface area contributed by atoms with Gasteiger partial charge in [0.2, 0.25) is 0 Å². The molecule has 2 aliphatic rings. The van der Waals surface area contributed by atoms with E-state index in [1.807, 2.05) is 31.4 Å². The van der Waals surface area contributed by atoms with Gasteiger partial charge >= 0.3 is 0 Å². The van der Waals surface area contributed by atoms with Crippen LogP contribution in [-0.2, 0) is 0 Å². The number of rotatable bonds is 6. The monoisotopic (exact) mass is 480 g/mol. The minimum absolute atomic E-state index is 0.459. The van der Waals surface area contributed by atoms with E-state index in [-0.39, 0.29) is 0 Å². The minimum atomic E-state index is 0.459. The van der Waals surface area contributed by atoms with Crippen LogP contribution in [0.5, 0.6) is 0 Å². The lowest BCUT2D eigenvalue weighted by Gasteiger charge is -2.34. The maximum atomic E-state index is 6.80. The summed E-state index contributed by atoms with van der Waals surface area (Å²) in [4.78, 5) is 11.6. The van der Waals surface area contributed by atoms with Gasteiger partial charge in [-0.3, -0.25) is 0 Å². The van der Waals surface area contributed by atoms with Gasteiger partial charge in [-0.15, -0.1) is 0 Å². The van der Waals surface area contributed by atoms with Gasteiger partial charge in [0.15, 0.2) is 0 Å². The van der Waals surface area contributed by atoms with Gasteiger partial charge in [-0.2, -0.15) is 0 Å². The van der Waals surface area contributed by atoms with Crippen LogP contribution < -0.4 is 16.8 Å². The largest absolute Gasteiger partial charge is 0.396 e. The van der Waals surface area contributed by atoms with Crippen LogP contribution in [0.3, 0.4) is 0 Å². The number of amidine groups is 1. The van der Waals surface area contributed by atoms with Crippen LogP contribution in [-0.4, -0.2) is 35.9 Å². The Morgan fingerprint density at radius 1 is 1.03 bits per heavy atom. The van der Waals surface area contributed by atoms with Crippen molar-refractivity contribution in [3.8, 4) is 11.3 Å². The van der Waals surface area contributed by atoms with Crippen LogP contribution in [0.25, 0.3) is 27.9 Å². The predicted molar refractivity (Wildman–Crippen MR) is 150 cm³/mol. The van der Waals surface area contributed by atoms with Crippen molar-refractivity contribution in [3.05, 3.63) is 83.8 Å². The Labute approximate surface area is 213 Å². The molecule has 2 aromatic carbocycles. The van der Waals surface area contributed by atoms with E-state index >= 15 is 0 Å². The zero-order valence-corrected chi connectivity index (χ0v) is 21.2. The maximum Gasteiger partial charge on any atom is 0.149 e. The Morgan fingerprint density at radius 2 is 1.78 bits per heavy atom. The first-order valence-electron chi connectivity index (χ1n) is 12.9. The summed E-state index contributed by atoms with van der Waals surface area (Å²) in [5, 5.41) is 4.45. The highest BCUT2D eigenvalue weighted by Crippen LogP contribution is 2.32. The molecular formula is C30H36N6. The molecular weight excluding hydrogens is 444 g/mol. The Kier molecular flexibility index (Phi) is 7.05. The summed E-state index contributed by atoms with van der Waals surface area (Å²) in [6, 6.07) is 18.7. The van der Waals surface area contributed by atoms with E-state index < -0.39 is 0 Å². The summed E-state index contributed by atoms with van der Waals surface area (Å²) in [6.07, 6.45) is 8.76. The second-order valence-electron chi connectivity index (χ2n) is 10.1. The molecule has 1 aliphatic carbocycles. The van der Waals surface area contributed by atoms with E-state index in [0.717, 1.165) is 52.4 Å². The topological polar surface area (TPSA) is 92.6 Å². The van der Waals surface area contributed by atoms with Gasteiger partial charge in [0, 0.05) is 35.5 Å². The number of benzene rings is 2. The fourth-order valence-electron chi connectivity index (χ4n) is 5.57. The van der Waals surface area contributed by atoms with E-state index in [0.29, 0.717) is 17.5 Å². The van der Waals surface area contributed by atoms with Crippen LogP contribution in [0.15, 0.2) is 77.7 Å². The number of hydrogen-bond donors (Lipinski definition) is 3. The highest BCUT2D eigenvalue weighted by molar-refractivity contribution is 6.04. The van der Waals surface area contributed by atoms with Crippen LogP contribution in [0, 0.1) is 18.8 Å². The summed E-state index contributed by atoms with van der Waals surface area (Å²) >= 11 is 0. The quantitative estimate of drug-likeness (QED) is 0.461. The van der Waals surface area contributed by atoms with E-state index in [1.165, 1.54) is 31.2 Å². The summed E-state index contributed by atoms with van der Waals surface area (Å²) < 4.78 is 0. The number of nitrogens with one attached hydrogen (secondary N) is 1. The number of fused-ring (bicyclic) bond motifs is 1. The number of nitrogens with zero attached hydrogens (tertiary/aromatic N) is 3. The molecule has 6 nitrogen and oxygen atoms in total. The second kappa shape index (κ2) is 10.5. The van der Waals surface area contributed by atoms with Gasteiger partial charge in [-0.05, 0) is 75.7 Å². The molecule has 0 bridgehead atoms. The predicted octanol–water partition coefficient (Wildman–Crippen LogP) is 5.01. The third kappa shape index (κ3) is 5.00. The lowest BCUT2D eigenvalue weighted by Crippen LogP contribution is -2.36. The summed E-state index contributed by atoms with van der Waals surface area (Å²) in [5.74, 6) is 1.86. The molecule has 0 saturated heterocycles. The highest BCUT2D eigenvalue weighted by Gasteiger charge is 2.26. The third-order valence-corrected chi connectivity index (χ3v) is 7.56. The molecule has 2 heterocycles. The van der Waals surface area contributed by atoms with Crippen LogP contribution >= 0.6 is 0 Å². The van der Waals surface area contributed by atoms with Crippen molar-refractivity contribution in [1.29, 1.82) is 0 Å². The lowest BCUT2D eigenvalue weighted by atomic mass is 9.81. The van der Waals surface area contributed by atoms with Crippen molar-refractivity contribution < 1.29 is 0 Å². The molecule has 1 aromatic heterocycles. The molecule has 0 unspecified atom stereocenters. The third-order valence-electron chi connectivity index (χ3n) is 7.56. The van der Waals surface area contributed by atoms with Gasteiger partial charge in [0.25, 0.3) is 0 Å². The normalized spacial score (nSPS) is 21.5. The first-order valence-corrected chi connectivity index (χ1v) is 12.9. The number of pyridine rings is 1. The Morgan fingerprint density at radius 3 is 2.53 bits per heavy atom. The molecule has 1 aliphatic heterocycles. The molecule has 5 N–H and O–H groups in total. The molecule has 0 radical (unpaired) electrons. The number of hydrogen-bond acceptors (Lipinski definition) is 6.